The molecule has 17 heavy (non-hydrogen) atoms. The molecule has 0 aromatic rings. The van der Waals surface area contributed by atoms with E-state index in [2.05, 4.69) is 5.32 Å². The molecule has 1 saturated carbocycles. The molecule has 1 aliphatic rings. The molecule has 1 aliphatic carbocycles. The van der Waals surface area contributed by atoms with E-state index >= 15 is 0 Å². The third-order valence-corrected chi connectivity index (χ3v) is 3.49. The van der Waals surface area contributed by atoms with Crippen molar-refractivity contribution < 1.29 is 18.3 Å². The van der Waals surface area contributed by atoms with E-state index < -0.39 is 12.6 Å². The molecule has 0 spiro atoms. The molecule has 3 atom stereocenters. The highest BCUT2D eigenvalue weighted by atomic mass is 19.4. The molecule has 0 amide bonds. The fourth-order valence-corrected chi connectivity index (χ4v) is 2.53. The first kappa shape index (κ1) is 14.8. The van der Waals surface area contributed by atoms with E-state index in [4.69, 9.17) is 5.11 Å². The second-order valence-electron chi connectivity index (χ2n) is 5.06. The van der Waals surface area contributed by atoms with Crippen molar-refractivity contribution in [2.45, 2.75) is 63.7 Å². The molecule has 1 rings (SSSR count). The SMILES string of the molecule is CC(CCCC(F)(F)F)NC1CCCC1CO. The van der Waals surface area contributed by atoms with Crippen LogP contribution >= 0.6 is 0 Å². The Morgan fingerprint density at radius 2 is 2.06 bits per heavy atom. The summed E-state index contributed by atoms with van der Waals surface area (Å²) in [5.74, 6) is 0.278. The highest BCUT2D eigenvalue weighted by molar-refractivity contribution is 4.84. The number of alkyl halides is 3. The van der Waals surface area contributed by atoms with Crippen molar-refractivity contribution in [3.05, 3.63) is 0 Å². The topological polar surface area (TPSA) is 32.3 Å². The van der Waals surface area contributed by atoms with Crippen molar-refractivity contribution in [2.75, 3.05) is 6.61 Å². The standard InChI is InChI=1S/C12H22F3NO/c1-9(4-3-7-12(13,14)15)16-11-6-2-5-10(11)8-17/h9-11,16-17H,2-8H2,1H3. The van der Waals surface area contributed by atoms with Gasteiger partial charge in [-0.15, -0.1) is 0 Å². The Kier molecular flexibility index (Phi) is 5.73. The minimum Gasteiger partial charge on any atom is -0.396 e. The quantitative estimate of drug-likeness (QED) is 0.763. The Morgan fingerprint density at radius 3 is 2.65 bits per heavy atom. The number of hydrogen-bond donors (Lipinski definition) is 2. The van der Waals surface area contributed by atoms with E-state index in [0.29, 0.717) is 6.42 Å². The van der Waals surface area contributed by atoms with Gasteiger partial charge in [-0.1, -0.05) is 6.42 Å². The maximum Gasteiger partial charge on any atom is 0.389 e. The Bertz CT molecular complexity index is 220. The Hall–Kier alpha value is -0.290. The summed E-state index contributed by atoms with van der Waals surface area (Å²) >= 11 is 0. The molecule has 0 aromatic carbocycles. The van der Waals surface area contributed by atoms with E-state index in [9.17, 15) is 13.2 Å². The van der Waals surface area contributed by atoms with Crippen LogP contribution in [-0.4, -0.2) is 30.0 Å². The van der Waals surface area contributed by atoms with Crippen LogP contribution in [0.15, 0.2) is 0 Å². The van der Waals surface area contributed by atoms with Gasteiger partial charge in [0.15, 0.2) is 0 Å². The summed E-state index contributed by atoms with van der Waals surface area (Å²) < 4.78 is 35.9. The number of hydrogen-bond acceptors (Lipinski definition) is 2. The highest BCUT2D eigenvalue weighted by Crippen LogP contribution is 2.26. The first-order valence-corrected chi connectivity index (χ1v) is 6.36. The average Bonchev–Trinajstić information content (AvgIpc) is 2.63. The highest BCUT2D eigenvalue weighted by Gasteiger charge is 2.29. The average molecular weight is 253 g/mol. The molecule has 0 bridgehead atoms. The lowest BCUT2D eigenvalue weighted by Gasteiger charge is -2.24. The lowest BCUT2D eigenvalue weighted by molar-refractivity contribution is -0.135. The van der Waals surface area contributed by atoms with Gasteiger partial charge in [-0.2, -0.15) is 13.2 Å². The number of aliphatic hydroxyl groups is 1. The lowest BCUT2D eigenvalue weighted by atomic mass is 10.0. The molecule has 0 aromatic heterocycles. The van der Waals surface area contributed by atoms with Crippen molar-refractivity contribution in [1.82, 2.24) is 5.32 Å². The van der Waals surface area contributed by atoms with Crippen LogP contribution in [-0.2, 0) is 0 Å². The van der Waals surface area contributed by atoms with Gasteiger partial charge in [0.2, 0.25) is 0 Å². The molecule has 0 saturated heterocycles. The van der Waals surface area contributed by atoms with Gasteiger partial charge in [0.05, 0.1) is 0 Å². The van der Waals surface area contributed by atoms with Crippen molar-refractivity contribution in [3.63, 3.8) is 0 Å². The lowest BCUT2D eigenvalue weighted by Crippen LogP contribution is -2.40. The van der Waals surface area contributed by atoms with Gasteiger partial charge in [-0.25, -0.2) is 0 Å². The normalized spacial score (nSPS) is 27.4. The fraction of sp³-hybridized carbons (Fsp3) is 1.00. The first-order chi connectivity index (χ1) is 7.92. The van der Waals surface area contributed by atoms with Crippen LogP contribution in [0.5, 0.6) is 0 Å². The summed E-state index contributed by atoms with van der Waals surface area (Å²) in [6, 6.07) is 0.371. The van der Waals surface area contributed by atoms with Crippen LogP contribution in [0.25, 0.3) is 0 Å². The van der Waals surface area contributed by atoms with Gasteiger partial charge >= 0.3 is 6.18 Å². The van der Waals surface area contributed by atoms with E-state index in [1.54, 1.807) is 0 Å². The number of halogens is 3. The molecular formula is C12H22F3NO. The predicted molar refractivity (Wildman–Crippen MR) is 60.7 cm³/mol. The summed E-state index contributed by atoms with van der Waals surface area (Å²) in [5, 5.41) is 12.5. The van der Waals surface area contributed by atoms with Gasteiger partial charge in [0.25, 0.3) is 0 Å². The zero-order valence-electron chi connectivity index (χ0n) is 10.3. The summed E-state index contributed by atoms with van der Waals surface area (Å²) in [6.45, 7) is 2.09. The van der Waals surface area contributed by atoms with Gasteiger partial charge < -0.3 is 10.4 Å². The van der Waals surface area contributed by atoms with Gasteiger partial charge in [-0.05, 0) is 38.5 Å². The maximum absolute atomic E-state index is 12.0. The fourth-order valence-electron chi connectivity index (χ4n) is 2.53. The summed E-state index contributed by atoms with van der Waals surface area (Å²) in [4.78, 5) is 0. The Labute approximate surface area is 101 Å². The molecule has 0 aliphatic heterocycles. The zero-order valence-corrected chi connectivity index (χ0v) is 10.3. The summed E-state index contributed by atoms with van der Waals surface area (Å²) in [6.07, 6.45) is -0.896. The summed E-state index contributed by atoms with van der Waals surface area (Å²) in [7, 11) is 0. The minimum absolute atomic E-state index is 0.0921. The minimum atomic E-state index is -4.04. The van der Waals surface area contributed by atoms with Gasteiger partial charge in [0.1, 0.15) is 0 Å². The van der Waals surface area contributed by atoms with E-state index in [-0.39, 0.29) is 31.0 Å². The third kappa shape index (κ3) is 5.73. The monoisotopic (exact) mass is 253 g/mol. The maximum atomic E-state index is 12.0. The van der Waals surface area contributed by atoms with Crippen molar-refractivity contribution >= 4 is 0 Å². The van der Waals surface area contributed by atoms with Crippen LogP contribution in [0, 0.1) is 5.92 Å². The van der Waals surface area contributed by atoms with Crippen LogP contribution in [0.3, 0.4) is 0 Å². The number of rotatable bonds is 6. The smallest absolute Gasteiger partial charge is 0.389 e. The predicted octanol–water partition coefficient (Wildman–Crippen LogP) is 2.86. The van der Waals surface area contributed by atoms with Gasteiger partial charge in [0, 0.05) is 25.1 Å². The molecular weight excluding hydrogens is 231 g/mol. The van der Waals surface area contributed by atoms with Crippen molar-refractivity contribution in [2.24, 2.45) is 5.92 Å². The van der Waals surface area contributed by atoms with Crippen LogP contribution in [0.2, 0.25) is 0 Å². The molecule has 2 N–H and O–H groups in total. The molecule has 102 valence electrons. The second kappa shape index (κ2) is 6.59. The molecule has 2 nitrogen and oxygen atoms in total. The molecule has 5 heteroatoms. The number of nitrogens with one attached hydrogen (secondary N) is 1. The Balaban J connectivity index is 2.18. The number of aliphatic hydroxyl groups excluding tert-OH is 1. The van der Waals surface area contributed by atoms with E-state index in [0.717, 1.165) is 19.3 Å². The third-order valence-electron chi connectivity index (χ3n) is 3.49. The largest absolute Gasteiger partial charge is 0.396 e. The van der Waals surface area contributed by atoms with Crippen molar-refractivity contribution in [1.29, 1.82) is 0 Å². The van der Waals surface area contributed by atoms with Gasteiger partial charge in [-0.3, -0.25) is 0 Å². The van der Waals surface area contributed by atoms with E-state index in [1.807, 2.05) is 6.92 Å². The van der Waals surface area contributed by atoms with Crippen LogP contribution < -0.4 is 5.32 Å². The Morgan fingerprint density at radius 1 is 1.35 bits per heavy atom. The molecule has 0 radical (unpaired) electrons. The van der Waals surface area contributed by atoms with Crippen molar-refractivity contribution in [3.8, 4) is 0 Å². The molecule has 0 heterocycles. The zero-order chi connectivity index (χ0) is 12.9. The van der Waals surface area contributed by atoms with E-state index in [1.165, 1.54) is 0 Å². The molecule has 3 unspecified atom stereocenters. The summed E-state index contributed by atoms with van der Waals surface area (Å²) in [5.41, 5.74) is 0. The van der Waals surface area contributed by atoms with Crippen LogP contribution in [0.1, 0.15) is 45.4 Å². The molecule has 1 fully saturated rings. The second-order valence-corrected chi connectivity index (χ2v) is 5.06. The van der Waals surface area contributed by atoms with Crippen LogP contribution in [0.4, 0.5) is 13.2 Å². The first-order valence-electron chi connectivity index (χ1n) is 6.36.